The molecule has 0 saturated carbocycles. The third-order valence-corrected chi connectivity index (χ3v) is 5.36. The molecule has 0 spiro atoms. The number of fused-ring (bicyclic) bond motifs is 3. The summed E-state index contributed by atoms with van der Waals surface area (Å²) < 4.78 is 10.6. The van der Waals surface area contributed by atoms with Gasteiger partial charge in [-0.1, -0.05) is 17.3 Å². The van der Waals surface area contributed by atoms with Gasteiger partial charge in [0.1, 0.15) is 18.1 Å². The number of aromatic nitrogens is 1. The molecule has 1 aliphatic rings. The van der Waals surface area contributed by atoms with Crippen molar-refractivity contribution >= 4 is 29.0 Å². The van der Waals surface area contributed by atoms with Crippen LogP contribution < -0.4 is 10.1 Å². The van der Waals surface area contributed by atoms with Crippen molar-refractivity contribution in [3.63, 3.8) is 0 Å². The number of ether oxygens (including phenoxy) is 1. The lowest BCUT2D eigenvalue weighted by atomic mass is 10.1. The molecule has 3 heterocycles. The van der Waals surface area contributed by atoms with Gasteiger partial charge in [-0.2, -0.15) is 0 Å². The summed E-state index contributed by atoms with van der Waals surface area (Å²) in [4.78, 5) is 27.9. The molecule has 2 amide bonds. The van der Waals surface area contributed by atoms with Gasteiger partial charge in [-0.25, -0.2) is 0 Å². The molecule has 0 unspecified atom stereocenters. The molecule has 4 rings (SSSR count). The Kier molecular flexibility index (Phi) is 4.41. The maximum atomic E-state index is 12.7. The number of hydrogen-bond acceptors (Lipinski definition) is 6. The first-order valence-corrected chi connectivity index (χ1v) is 9.16. The second kappa shape index (κ2) is 6.88. The third-order valence-electron chi connectivity index (χ3n) is 4.16. The number of likely N-dealkylation sites (N-methyl/N-ethyl adjacent to an activating group) is 1. The predicted octanol–water partition coefficient (Wildman–Crippen LogP) is 3.31. The lowest BCUT2D eigenvalue weighted by Gasteiger charge is -2.16. The van der Waals surface area contributed by atoms with Crippen molar-refractivity contribution in [3.8, 4) is 16.2 Å². The smallest absolute Gasteiger partial charge is 0.264 e. The third kappa shape index (κ3) is 3.43. The molecule has 0 bridgehead atoms. The molecule has 3 aromatic rings. The van der Waals surface area contributed by atoms with Crippen LogP contribution in [0.2, 0.25) is 0 Å². The Balaban J connectivity index is 1.47. The quantitative estimate of drug-likeness (QED) is 0.747. The van der Waals surface area contributed by atoms with E-state index in [1.807, 2.05) is 30.3 Å². The number of nitrogens with zero attached hydrogens (tertiary/aromatic N) is 2. The number of rotatable bonds is 4. The van der Waals surface area contributed by atoms with Crippen LogP contribution in [-0.2, 0) is 11.4 Å². The number of nitrogens with one attached hydrogen (secondary N) is 1. The highest BCUT2D eigenvalue weighted by Crippen LogP contribution is 2.42. The molecule has 0 fully saturated rings. The Morgan fingerprint density at radius 1 is 1.30 bits per heavy atom. The van der Waals surface area contributed by atoms with E-state index >= 15 is 0 Å². The van der Waals surface area contributed by atoms with Gasteiger partial charge < -0.3 is 19.5 Å². The zero-order valence-corrected chi connectivity index (χ0v) is 15.6. The minimum absolute atomic E-state index is 0.0829. The normalized spacial score (nSPS) is 11.9. The number of amides is 2. The summed E-state index contributed by atoms with van der Waals surface area (Å²) in [5.74, 6) is 1.20. The van der Waals surface area contributed by atoms with Crippen molar-refractivity contribution in [2.24, 2.45) is 0 Å². The fourth-order valence-corrected chi connectivity index (χ4v) is 4.08. The van der Waals surface area contributed by atoms with E-state index in [0.717, 1.165) is 21.8 Å². The Morgan fingerprint density at radius 3 is 2.89 bits per heavy atom. The standard InChI is InChI=1S/C19H17N3O4S/c1-11-7-16(21-26-11)20-17(23)9-22(2)19(24)15-8-12-10-25-14-6-4-3-5-13(14)18(12)27-15/h3-8H,9-10H2,1-2H3,(H,20,21,23). The highest BCUT2D eigenvalue weighted by molar-refractivity contribution is 7.17. The van der Waals surface area contributed by atoms with E-state index in [1.54, 1.807) is 20.0 Å². The minimum Gasteiger partial charge on any atom is -0.488 e. The van der Waals surface area contributed by atoms with Crippen LogP contribution >= 0.6 is 11.3 Å². The summed E-state index contributed by atoms with van der Waals surface area (Å²) in [6.07, 6.45) is 0. The van der Waals surface area contributed by atoms with Crippen molar-refractivity contribution < 1.29 is 18.8 Å². The number of para-hydroxylation sites is 1. The van der Waals surface area contributed by atoms with Crippen LogP contribution in [0.3, 0.4) is 0 Å². The summed E-state index contributed by atoms with van der Waals surface area (Å²) in [6, 6.07) is 11.2. The van der Waals surface area contributed by atoms with Crippen LogP contribution in [0.5, 0.6) is 5.75 Å². The molecule has 0 saturated heterocycles. The van der Waals surface area contributed by atoms with E-state index in [2.05, 4.69) is 10.5 Å². The van der Waals surface area contributed by atoms with E-state index in [4.69, 9.17) is 9.26 Å². The first-order chi connectivity index (χ1) is 13.0. The molecule has 138 valence electrons. The fraction of sp³-hybridized carbons (Fsp3) is 0.211. The molecular weight excluding hydrogens is 366 g/mol. The summed E-state index contributed by atoms with van der Waals surface area (Å²) >= 11 is 1.42. The number of anilines is 1. The summed E-state index contributed by atoms with van der Waals surface area (Å²) in [5, 5.41) is 6.32. The molecule has 1 aromatic carbocycles. The van der Waals surface area contributed by atoms with Gasteiger partial charge in [0.15, 0.2) is 5.82 Å². The van der Waals surface area contributed by atoms with Gasteiger partial charge in [-0.05, 0) is 25.1 Å². The van der Waals surface area contributed by atoms with E-state index in [9.17, 15) is 9.59 Å². The fourth-order valence-electron chi connectivity index (χ4n) is 2.89. The molecule has 0 aliphatic carbocycles. The first kappa shape index (κ1) is 17.3. The lowest BCUT2D eigenvalue weighted by Crippen LogP contribution is -2.34. The number of carbonyl (C=O) groups is 2. The summed E-state index contributed by atoms with van der Waals surface area (Å²) in [5.41, 5.74) is 1.97. The Morgan fingerprint density at radius 2 is 2.11 bits per heavy atom. The van der Waals surface area contributed by atoms with Gasteiger partial charge in [0.05, 0.1) is 11.4 Å². The van der Waals surface area contributed by atoms with E-state index < -0.39 is 0 Å². The molecule has 0 radical (unpaired) electrons. The van der Waals surface area contributed by atoms with E-state index in [-0.39, 0.29) is 18.4 Å². The van der Waals surface area contributed by atoms with Gasteiger partial charge in [0.25, 0.3) is 5.91 Å². The van der Waals surface area contributed by atoms with Gasteiger partial charge in [0, 0.05) is 29.1 Å². The Labute approximate surface area is 159 Å². The van der Waals surface area contributed by atoms with Gasteiger partial charge in [0.2, 0.25) is 5.91 Å². The number of hydrogen-bond donors (Lipinski definition) is 1. The molecule has 7 nitrogen and oxygen atoms in total. The molecule has 27 heavy (non-hydrogen) atoms. The monoisotopic (exact) mass is 383 g/mol. The van der Waals surface area contributed by atoms with Crippen LogP contribution in [0.15, 0.2) is 40.9 Å². The Bertz CT molecular complexity index is 1020. The Hall–Kier alpha value is -3.13. The van der Waals surface area contributed by atoms with Crippen molar-refractivity contribution in [2.45, 2.75) is 13.5 Å². The number of aryl methyl sites for hydroxylation is 1. The van der Waals surface area contributed by atoms with Crippen LogP contribution in [0.4, 0.5) is 5.82 Å². The SMILES string of the molecule is Cc1cc(NC(=O)CN(C)C(=O)c2cc3c(s2)-c2ccccc2OC3)no1. The van der Waals surface area contributed by atoms with Crippen LogP contribution in [0.25, 0.3) is 10.4 Å². The van der Waals surface area contributed by atoms with Gasteiger partial charge >= 0.3 is 0 Å². The predicted molar refractivity (Wildman–Crippen MR) is 101 cm³/mol. The van der Waals surface area contributed by atoms with Gasteiger partial charge in [-0.15, -0.1) is 11.3 Å². The molecular formula is C19H17N3O4S. The van der Waals surface area contributed by atoms with Crippen molar-refractivity contribution in [3.05, 3.63) is 52.6 Å². The van der Waals surface area contributed by atoms with Gasteiger partial charge in [-0.3, -0.25) is 9.59 Å². The van der Waals surface area contributed by atoms with Crippen LogP contribution in [0.1, 0.15) is 21.0 Å². The number of benzene rings is 1. The number of carbonyl (C=O) groups excluding carboxylic acids is 2. The van der Waals surface area contributed by atoms with Crippen molar-refractivity contribution in [1.29, 1.82) is 0 Å². The lowest BCUT2D eigenvalue weighted by molar-refractivity contribution is -0.116. The van der Waals surface area contributed by atoms with Crippen LogP contribution in [-0.4, -0.2) is 35.5 Å². The summed E-state index contributed by atoms with van der Waals surface area (Å²) in [7, 11) is 1.60. The molecule has 0 atom stereocenters. The average Bonchev–Trinajstić information content (AvgIpc) is 3.27. The zero-order valence-electron chi connectivity index (χ0n) is 14.8. The number of thiophene rings is 1. The summed E-state index contributed by atoms with van der Waals surface area (Å²) in [6.45, 7) is 2.09. The largest absolute Gasteiger partial charge is 0.488 e. The first-order valence-electron chi connectivity index (χ1n) is 8.35. The van der Waals surface area contributed by atoms with Crippen molar-refractivity contribution in [1.82, 2.24) is 10.1 Å². The highest BCUT2D eigenvalue weighted by atomic mass is 32.1. The minimum atomic E-state index is -0.339. The van der Waals surface area contributed by atoms with E-state index in [0.29, 0.717) is 23.1 Å². The molecule has 2 aromatic heterocycles. The maximum absolute atomic E-state index is 12.7. The maximum Gasteiger partial charge on any atom is 0.264 e. The molecule has 1 aliphatic heterocycles. The zero-order chi connectivity index (χ0) is 19.0. The highest BCUT2D eigenvalue weighted by Gasteiger charge is 2.24. The van der Waals surface area contributed by atoms with Crippen molar-refractivity contribution in [2.75, 3.05) is 18.9 Å². The van der Waals surface area contributed by atoms with E-state index in [1.165, 1.54) is 16.2 Å². The topological polar surface area (TPSA) is 84.7 Å². The average molecular weight is 383 g/mol. The second-order valence-electron chi connectivity index (χ2n) is 6.28. The second-order valence-corrected chi connectivity index (χ2v) is 7.33. The van der Waals surface area contributed by atoms with Crippen LogP contribution in [0, 0.1) is 6.92 Å². The molecule has 1 N–H and O–H groups in total. The molecule has 8 heteroatoms.